The van der Waals surface area contributed by atoms with Crippen LogP contribution in [0.5, 0.6) is 0 Å². The minimum absolute atomic E-state index is 0.479. The molecule has 3 heteroatoms. The molecule has 4 aliphatic rings. The Morgan fingerprint density at radius 3 is 1.56 bits per heavy atom. The summed E-state index contributed by atoms with van der Waals surface area (Å²) in [5, 5.41) is 0. The molecule has 0 amide bonds. The van der Waals surface area contributed by atoms with Crippen LogP contribution in [0, 0.1) is 11.8 Å². The molecule has 0 atom stereocenters. The maximum atomic E-state index is 3.18. The highest BCUT2D eigenvalue weighted by atomic mass is 28.2. The Labute approximate surface area is 159 Å². The summed E-state index contributed by atoms with van der Waals surface area (Å²) in [6.45, 7) is 2.82. The average Bonchev–Trinajstić information content (AvgIpc) is 2.70. The summed E-state index contributed by atoms with van der Waals surface area (Å²) in [4.78, 5) is 3.18. The molecule has 1 heterocycles. The van der Waals surface area contributed by atoms with Gasteiger partial charge in [-0.25, -0.2) is 0 Å². The minimum Gasteiger partial charge on any atom is -0.315 e. The molecule has 3 aliphatic carbocycles. The number of rotatable bonds is 3. The third-order valence-corrected chi connectivity index (χ3v) is 9.56. The van der Waals surface area contributed by atoms with Crippen molar-refractivity contribution in [3.8, 4) is 0 Å². The van der Waals surface area contributed by atoms with E-state index in [1.807, 2.05) is 0 Å². The Kier molecular flexibility index (Phi) is 6.24. The molecule has 0 N–H and O–H groups in total. The maximum absolute atomic E-state index is 3.18. The van der Waals surface area contributed by atoms with E-state index in [4.69, 9.17) is 0 Å². The SMILES string of the molecule is [SiH3]N1CCCN(C2CCCCC2)C1(C1CCCCC1)C1CCCCC1. The molecule has 0 aromatic rings. The number of nitrogens with zero attached hydrogens (tertiary/aromatic N) is 2. The lowest BCUT2D eigenvalue weighted by atomic mass is 9.66. The monoisotopic (exact) mass is 362 g/mol. The van der Waals surface area contributed by atoms with Gasteiger partial charge in [0.05, 0.1) is 16.1 Å². The van der Waals surface area contributed by atoms with Gasteiger partial charge in [0.25, 0.3) is 0 Å². The molecule has 0 spiro atoms. The van der Waals surface area contributed by atoms with E-state index in [0.29, 0.717) is 5.66 Å². The van der Waals surface area contributed by atoms with Crippen molar-refractivity contribution in [3.63, 3.8) is 0 Å². The molecule has 0 bridgehead atoms. The Morgan fingerprint density at radius 2 is 1.04 bits per heavy atom. The predicted molar refractivity (Wildman–Crippen MR) is 111 cm³/mol. The molecule has 0 unspecified atom stereocenters. The molecule has 144 valence electrons. The van der Waals surface area contributed by atoms with E-state index in [1.165, 1.54) is 126 Å². The van der Waals surface area contributed by atoms with E-state index >= 15 is 0 Å². The largest absolute Gasteiger partial charge is 0.315 e. The van der Waals surface area contributed by atoms with Gasteiger partial charge >= 0.3 is 0 Å². The van der Waals surface area contributed by atoms with Crippen LogP contribution >= 0.6 is 0 Å². The van der Waals surface area contributed by atoms with E-state index in [0.717, 1.165) is 17.9 Å². The van der Waals surface area contributed by atoms with Crippen LogP contribution in [0.2, 0.25) is 0 Å². The highest BCUT2D eigenvalue weighted by Crippen LogP contribution is 2.50. The molecule has 0 aromatic heterocycles. The molecular weight excluding hydrogens is 320 g/mol. The topological polar surface area (TPSA) is 6.48 Å². The van der Waals surface area contributed by atoms with E-state index in [1.54, 1.807) is 0 Å². The van der Waals surface area contributed by atoms with Crippen molar-refractivity contribution in [3.05, 3.63) is 0 Å². The quantitative estimate of drug-likeness (QED) is 0.684. The highest BCUT2D eigenvalue weighted by molar-refractivity contribution is 6.05. The zero-order chi connectivity index (χ0) is 17.1. The molecular formula is C22H42N2Si. The lowest BCUT2D eigenvalue weighted by molar-refractivity contribution is -0.163. The van der Waals surface area contributed by atoms with E-state index < -0.39 is 0 Å². The van der Waals surface area contributed by atoms with Gasteiger partial charge in [0.15, 0.2) is 0 Å². The second-order valence-corrected chi connectivity index (χ2v) is 10.8. The third-order valence-electron chi connectivity index (χ3n) is 8.39. The van der Waals surface area contributed by atoms with Gasteiger partial charge < -0.3 is 4.57 Å². The van der Waals surface area contributed by atoms with E-state index in [2.05, 4.69) is 9.47 Å². The van der Waals surface area contributed by atoms with Crippen molar-refractivity contribution >= 4 is 10.4 Å². The second kappa shape index (κ2) is 8.44. The Balaban J connectivity index is 1.69. The first-order chi connectivity index (χ1) is 12.3. The second-order valence-electron chi connectivity index (χ2n) is 9.71. The highest BCUT2D eigenvalue weighted by Gasteiger charge is 2.54. The van der Waals surface area contributed by atoms with E-state index in [-0.39, 0.29) is 0 Å². The van der Waals surface area contributed by atoms with Crippen LogP contribution in [0.3, 0.4) is 0 Å². The summed E-state index contributed by atoms with van der Waals surface area (Å²) >= 11 is 0. The summed E-state index contributed by atoms with van der Waals surface area (Å²) in [6, 6.07) is 0.911. The molecule has 1 aliphatic heterocycles. The fourth-order valence-electron chi connectivity index (χ4n) is 7.40. The van der Waals surface area contributed by atoms with Crippen molar-refractivity contribution in [2.24, 2.45) is 11.8 Å². The molecule has 0 radical (unpaired) electrons. The summed E-state index contributed by atoms with van der Waals surface area (Å²) < 4.78 is 3.04. The van der Waals surface area contributed by atoms with Gasteiger partial charge in [-0.1, -0.05) is 57.8 Å². The van der Waals surface area contributed by atoms with Crippen molar-refractivity contribution < 1.29 is 0 Å². The Bertz CT molecular complexity index is 390. The molecule has 1 saturated heterocycles. The molecule has 3 saturated carbocycles. The van der Waals surface area contributed by atoms with Crippen LogP contribution in [0.1, 0.15) is 103 Å². The zero-order valence-corrected chi connectivity index (χ0v) is 18.9. The van der Waals surface area contributed by atoms with Gasteiger partial charge in [-0.3, -0.25) is 4.90 Å². The fraction of sp³-hybridized carbons (Fsp3) is 1.00. The summed E-state index contributed by atoms with van der Waals surface area (Å²) in [5.41, 5.74) is 0.479. The van der Waals surface area contributed by atoms with Crippen molar-refractivity contribution in [1.82, 2.24) is 9.47 Å². The summed E-state index contributed by atoms with van der Waals surface area (Å²) in [7, 11) is 1.28. The normalized spacial score (nSPS) is 32.2. The van der Waals surface area contributed by atoms with Crippen LogP contribution in [-0.2, 0) is 0 Å². The van der Waals surface area contributed by atoms with Crippen LogP contribution in [0.25, 0.3) is 0 Å². The minimum atomic E-state index is 0.479. The third kappa shape index (κ3) is 3.50. The first kappa shape index (κ1) is 18.5. The van der Waals surface area contributed by atoms with Gasteiger partial charge in [0.2, 0.25) is 0 Å². The van der Waals surface area contributed by atoms with Gasteiger partial charge in [0, 0.05) is 12.6 Å². The molecule has 2 nitrogen and oxygen atoms in total. The van der Waals surface area contributed by atoms with Gasteiger partial charge in [-0.2, -0.15) is 0 Å². The smallest absolute Gasteiger partial charge is 0.0807 e. The fourth-order valence-corrected chi connectivity index (χ4v) is 8.71. The maximum Gasteiger partial charge on any atom is 0.0807 e. The van der Waals surface area contributed by atoms with Crippen molar-refractivity contribution in [1.29, 1.82) is 0 Å². The Hall–Kier alpha value is 0.137. The molecule has 4 rings (SSSR count). The Morgan fingerprint density at radius 1 is 0.560 bits per heavy atom. The lowest BCUT2D eigenvalue weighted by Gasteiger charge is -2.64. The first-order valence-corrected chi connectivity index (χ1v) is 12.7. The van der Waals surface area contributed by atoms with Gasteiger partial charge in [-0.05, 0) is 63.3 Å². The summed E-state index contributed by atoms with van der Waals surface area (Å²) in [5.74, 6) is 1.95. The van der Waals surface area contributed by atoms with E-state index in [9.17, 15) is 0 Å². The summed E-state index contributed by atoms with van der Waals surface area (Å²) in [6.07, 6.45) is 24.0. The van der Waals surface area contributed by atoms with Gasteiger partial charge in [-0.15, -0.1) is 0 Å². The first-order valence-electron chi connectivity index (χ1n) is 11.8. The molecule has 4 fully saturated rings. The van der Waals surface area contributed by atoms with Gasteiger partial charge in [0.1, 0.15) is 0 Å². The van der Waals surface area contributed by atoms with Crippen LogP contribution in [0.4, 0.5) is 0 Å². The number of hydrogen-bond acceptors (Lipinski definition) is 2. The lowest BCUT2D eigenvalue weighted by Crippen LogP contribution is -2.73. The van der Waals surface area contributed by atoms with Crippen LogP contribution in [0.15, 0.2) is 0 Å². The zero-order valence-electron chi connectivity index (χ0n) is 16.9. The average molecular weight is 363 g/mol. The van der Waals surface area contributed by atoms with Crippen molar-refractivity contribution in [2.75, 3.05) is 13.1 Å². The predicted octanol–water partition coefficient (Wildman–Crippen LogP) is 4.46. The van der Waals surface area contributed by atoms with Crippen molar-refractivity contribution in [2.45, 2.75) is 114 Å². The van der Waals surface area contributed by atoms with Crippen LogP contribution < -0.4 is 0 Å². The standard InChI is InChI=1S/C22H42N2Si/c25-24-18-10-17-23(21-15-8-3-9-16-21)22(24,19-11-4-1-5-12-19)20-13-6-2-7-14-20/h19-21H,1-18H2,25H3. The molecule has 0 aromatic carbocycles. The number of hydrogen-bond donors (Lipinski definition) is 0. The molecule has 25 heavy (non-hydrogen) atoms. The van der Waals surface area contributed by atoms with Crippen LogP contribution in [-0.4, -0.2) is 44.7 Å².